The summed E-state index contributed by atoms with van der Waals surface area (Å²) in [6, 6.07) is 7.36. The maximum Gasteiger partial charge on any atom is 0.396 e. The molecule has 23 heavy (non-hydrogen) atoms. The molecule has 0 bridgehead atoms. The van der Waals surface area contributed by atoms with Crippen LogP contribution in [0.4, 0.5) is 13.2 Å². The lowest BCUT2D eigenvalue weighted by Gasteiger charge is -2.32. The van der Waals surface area contributed by atoms with Crippen LogP contribution in [0.2, 0.25) is 0 Å². The lowest BCUT2D eigenvalue weighted by atomic mass is 9.93. The van der Waals surface area contributed by atoms with Crippen LogP contribution in [0, 0.1) is 0 Å². The first-order valence-electron chi connectivity index (χ1n) is 7.49. The van der Waals surface area contributed by atoms with Crippen molar-refractivity contribution in [2.24, 2.45) is 0 Å². The molecule has 128 valence electrons. The van der Waals surface area contributed by atoms with Gasteiger partial charge < -0.3 is 15.2 Å². The lowest BCUT2D eigenvalue weighted by Crippen LogP contribution is -2.47. The van der Waals surface area contributed by atoms with Gasteiger partial charge in [-0.15, -0.1) is 0 Å². The van der Waals surface area contributed by atoms with E-state index in [1.54, 1.807) is 6.07 Å². The molecule has 1 aliphatic heterocycles. The molecule has 7 heteroatoms. The molecule has 1 aromatic carbocycles. The van der Waals surface area contributed by atoms with Crippen LogP contribution >= 0.6 is 0 Å². The number of hydrogen-bond donors (Lipinski definition) is 2. The topological polar surface area (TPSA) is 58.6 Å². The minimum Gasteiger partial charge on any atom is -0.388 e. The van der Waals surface area contributed by atoms with Crippen molar-refractivity contribution in [3.63, 3.8) is 0 Å². The summed E-state index contributed by atoms with van der Waals surface area (Å²) in [5.74, 6) is -2.58. The molecule has 1 heterocycles. The third kappa shape index (κ3) is 5.21. The molecule has 1 aromatic rings. The summed E-state index contributed by atoms with van der Waals surface area (Å²) in [5, 5.41) is 12.6. The van der Waals surface area contributed by atoms with Crippen LogP contribution in [0.5, 0.6) is 0 Å². The molecule has 1 amide bonds. The van der Waals surface area contributed by atoms with Gasteiger partial charge in [-0.2, -0.15) is 13.2 Å². The Bertz CT molecular complexity index is 513. The van der Waals surface area contributed by atoms with Crippen molar-refractivity contribution >= 4 is 5.91 Å². The molecule has 1 saturated heterocycles. The number of carbonyl (C=O) groups excluding carboxylic acids is 1. The lowest BCUT2D eigenvalue weighted by molar-refractivity contribution is -0.157. The standard InChI is InChI=1S/C16H20F3NO3/c17-16(18,19)13(12-4-2-1-3-5-12)10-14(21)20-11-15(22)6-8-23-9-7-15/h1-5,13,22H,6-11H2,(H,20,21). The van der Waals surface area contributed by atoms with Gasteiger partial charge in [0.25, 0.3) is 0 Å². The maximum absolute atomic E-state index is 13.2. The molecular formula is C16H20F3NO3. The molecule has 1 atom stereocenters. The molecule has 4 nitrogen and oxygen atoms in total. The first-order valence-corrected chi connectivity index (χ1v) is 7.49. The number of alkyl halides is 3. The van der Waals surface area contributed by atoms with Gasteiger partial charge in [0.05, 0.1) is 11.5 Å². The molecule has 2 rings (SSSR count). The number of ether oxygens (including phenoxy) is 1. The summed E-state index contributed by atoms with van der Waals surface area (Å²) in [7, 11) is 0. The number of rotatable bonds is 5. The van der Waals surface area contributed by atoms with E-state index in [4.69, 9.17) is 4.74 Å². The quantitative estimate of drug-likeness (QED) is 0.871. The molecule has 1 aliphatic rings. The van der Waals surface area contributed by atoms with E-state index in [2.05, 4.69) is 5.32 Å². The van der Waals surface area contributed by atoms with Crippen molar-refractivity contribution in [3.05, 3.63) is 35.9 Å². The highest BCUT2D eigenvalue weighted by Crippen LogP contribution is 2.37. The molecular weight excluding hydrogens is 311 g/mol. The fraction of sp³-hybridized carbons (Fsp3) is 0.562. The second kappa shape index (κ2) is 7.31. The van der Waals surface area contributed by atoms with Crippen molar-refractivity contribution in [1.29, 1.82) is 0 Å². The van der Waals surface area contributed by atoms with Gasteiger partial charge in [-0.25, -0.2) is 0 Å². The summed E-state index contributed by atoms with van der Waals surface area (Å²) < 4.78 is 44.7. The van der Waals surface area contributed by atoms with Gasteiger partial charge in [-0.3, -0.25) is 4.79 Å². The van der Waals surface area contributed by atoms with E-state index in [-0.39, 0.29) is 12.1 Å². The van der Waals surface area contributed by atoms with E-state index in [1.165, 1.54) is 24.3 Å². The van der Waals surface area contributed by atoms with Crippen molar-refractivity contribution in [3.8, 4) is 0 Å². The number of amides is 1. The SMILES string of the molecule is O=C(CC(c1ccccc1)C(F)(F)F)NCC1(O)CCOCC1. The Morgan fingerprint density at radius 2 is 1.87 bits per heavy atom. The predicted molar refractivity (Wildman–Crippen MR) is 77.9 cm³/mol. The van der Waals surface area contributed by atoms with Gasteiger partial charge in [0, 0.05) is 39.0 Å². The first kappa shape index (κ1) is 17.7. The molecule has 2 N–H and O–H groups in total. The fourth-order valence-electron chi connectivity index (χ4n) is 2.56. The zero-order valence-electron chi connectivity index (χ0n) is 12.6. The molecule has 0 aromatic heterocycles. The normalized spacial score (nSPS) is 19.1. The average Bonchev–Trinajstić information content (AvgIpc) is 2.51. The van der Waals surface area contributed by atoms with Crippen LogP contribution in [0.15, 0.2) is 30.3 Å². The van der Waals surface area contributed by atoms with Crippen LogP contribution in [0.3, 0.4) is 0 Å². The van der Waals surface area contributed by atoms with Gasteiger partial charge in [0.1, 0.15) is 0 Å². The summed E-state index contributed by atoms with van der Waals surface area (Å²) in [6.07, 6.45) is -4.49. The third-order valence-corrected chi connectivity index (χ3v) is 4.02. The van der Waals surface area contributed by atoms with Gasteiger partial charge in [0.15, 0.2) is 0 Å². The monoisotopic (exact) mass is 331 g/mol. The van der Waals surface area contributed by atoms with E-state index in [0.29, 0.717) is 26.1 Å². The first-order chi connectivity index (χ1) is 10.8. The zero-order valence-corrected chi connectivity index (χ0v) is 12.6. The number of hydrogen-bond acceptors (Lipinski definition) is 3. The van der Waals surface area contributed by atoms with Crippen molar-refractivity contribution in [2.75, 3.05) is 19.8 Å². The fourth-order valence-corrected chi connectivity index (χ4v) is 2.56. The number of benzene rings is 1. The number of halogens is 3. The van der Waals surface area contributed by atoms with Crippen LogP contribution in [0.1, 0.15) is 30.7 Å². The molecule has 0 radical (unpaired) electrons. The largest absolute Gasteiger partial charge is 0.396 e. The predicted octanol–water partition coefficient (Wildman–Crippen LogP) is 2.38. The van der Waals surface area contributed by atoms with E-state index in [9.17, 15) is 23.1 Å². The highest BCUT2D eigenvalue weighted by atomic mass is 19.4. The Balaban J connectivity index is 1.95. The summed E-state index contributed by atoms with van der Waals surface area (Å²) in [5.41, 5.74) is -1.05. The molecule has 0 saturated carbocycles. The highest BCUT2D eigenvalue weighted by molar-refractivity contribution is 5.77. The Morgan fingerprint density at radius 3 is 2.43 bits per heavy atom. The minimum absolute atomic E-state index is 0.0555. The zero-order chi connectivity index (χ0) is 16.9. The third-order valence-electron chi connectivity index (χ3n) is 4.02. The Hall–Kier alpha value is -1.60. The highest BCUT2D eigenvalue weighted by Gasteiger charge is 2.42. The average molecular weight is 331 g/mol. The van der Waals surface area contributed by atoms with E-state index < -0.39 is 30.0 Å². The Labute approximate surface area is 132 Å². The van der Waals surface area contributed by atoms with Gasteiger partial charge in [-0.05, 0) is 5.56 Å². The minimum atomic E-state index is -4.51. The van der Waals surface area contributed by atoms with Crippen molar-refractivity contribution in [2.45, 2.75) is 37.0 Å². The smallest absolute Gasteiger partial charge is 0.388 e. The molecule has 1 unspecified atom stereocenters. The Kier molecular flexibility index (Phi) is 5.64. The van der Waals surface area contributed by atoms with Crippen LogP contribution in [-0.4, -0.2) is 42.5 Å². The van der Waals surface area contributed by atoms with Gasteiger partial charge in [-0.1, -0.05) is 30.3 Å². The summed E-state index contributed by atoms with van der Waals surface area (Å²) >= 11 is 0. The van der Waals surface area contributed by atoms with Gasteiger partial charge >= 0.3 is 6.18 Å². The Morgan fingerprint density at radius 1 is 1.26 bits per heavy atom. The molecule has 1 fully saturated rings. The second-order valence-electron chi connectivity index (χ2n) is 5.82. The van der Waals surface area contributed by atoms with Crippen molar-refractivity contribution in [1.82, 2.24) is 5.32 Å². The molecule has 0 spiro atoms. The van der Waals surface area contributed by atoms with E-state index in [1.807, 2.05) is 0 Å². The van der Waals surface area contributed by atoms with Crippen LogP contribution < -0.4 is 5.32 Å². The van der Waals surface area contributed by atoms with E-state index in [0.717, 1.165) is 0 Å². The second-order valence-corrected chi connectivity index (χ2v) is 5.82. The van der Waals surface area contributed by atoms with Crippen molar-refractivity contribution < 1.29 is 27.8 Å². The van der Waals surface area contributed by atoms with E-state index >= 15 is 0 Å². The number of nitrogens with one attached hydrogen (secondary N) is 1. The number of carbonyl (C=O) groups is 1. The van der Waals surface area contributed by atoms with Gasteiger partial charge in [0.2, 0.25) is 5.91 Å². The van der Waals surface area contributed by atoms with Crippen LogP contribution in [0.25, 0.3) is 0 Å². The number of aliphatic hydroxyl groups is 1. The molecule has 0 aliphatic carbocycles. The summed E-state index contributed by atoms with van der Waals surface area (Å²) in [6.45, 7) is 0.692. The van der Waals surface area contributed by atoms with Crippen LogP contribution in [-0.2, 0) is 9.53 Å². The summed E-state index contributed by atoms with van der Waals surface area (Å²) in [4.78, 5) is 11.9. The maximum atomic E-state index is 13.2.